The second-order valence-corrected chi connectivity index (χ2v) is 5.73. The van der Waals surface area contributed by atoms with E-state index in [9.17, 15) is 14.4 Å². The summed E-state index contributed by atoms with van der Waals surface area (Å²) in [4.78, 5) is 12.2. The standard InChI is InChI=1S/C18H19FN2O2/c1-10(2)17-14(9-20)16(12-5-7-13(19)8-6-12)15(11(3)21-17)18(22)23-4/h5-8,10,16,21H,1-4H3. The molecule has 0 saturated heterocycles. The summed E-state index contributed by atoms with van der Waals surface area (Å²) in [7, 11) is 1.30. The fraction of sp³-hybridized carbons (Fsp3) is 0.333. The number of carbonyl (C=O) groups excluding carboxylic acids is 1. The number of allylic oxidation sites excluding steroid dienone is 3. The summed E-state index contributed by atoms with van der Waals surface area (Å²) in [5.41, 5.74) is 2.93. The van der Waals surface area contributed by atoms with Crippen LogP contribution in [-0.4, -0.2) is 13.1 Å². The highest BCUT2D eigenvalue weighted by Gasteiger charge is 2.35. The first-order chi connectivity index (χ1) is 10.9. The van der Waals surface area contributed by atoms with Gasteiger partial charge in [0, 0.05) is 11.4 Å². The highest BCUT2D eigenvalue weighted by molar-refractivity contribution is 5.93. The van der Waals surface area contributed by atoms with Gasteiger partial charge in [-0.2, -0.15) is 5.26 Å². The largest absolute Gasteiger partial charge is 0.466 e. The van der Waals surface area contributed by atoms with Crippen LogP contribution >= 0.6 is 0 Å². The molecule has 5 heteroatoms. The third-order valence-corrected chi connectivity index (χ3v) is 3.90. The van der Waals surface area contributed by atoms with Crippen LogP contribution in [0.3, 0.4) is 0 Å². The molecule has 23 heavy (non-hydrogen) atoms. The molecule has 0 radical (unpaired) electrons. The van der Waals surface area contributed by atoms with Crippen molar-refractivity contribution < 1.29 is 13.9 Å². The van der Waals surface area contributed by atoms with E-state index in [0.29, 0.717) is 22.4 Å². The third kappa shape index (κ3) is 3.11. The molecule has 0 aromatic heterocycles. The van der Waals surface area contributed by atoms with Crippen LogP contribution in [0.5, 0.6) is 0 Å². The summed E-state index contributed by atoms with van der Waals surface area (Å²) < 4.78 is 18.1. The van der Waals surface area contributed by atoms with Crippen LogP contribution in [0.4, 0.5) is 4.39 Å². The number of ether oxygens (including phenoxy) is 1. The zero-order valence-electron chi connectivity index (χ0n) is 13.6. The van der Waals surface area contributed by atoms with Crippen LogP contribution in [0.15, 0.2) is 46.8 Å². The predicted molar refractivity (Wildman–Crippen MR) is 84.5 cm³/mol. The summed E-state index contributed by atoms with van der Waals surface area (Å²) in [6.45, 7) is 5.72. The highest BCUT2D eigenvalue weighted by atomic mass is 19.1. The van der Waals surface area contributed by atoms with Gasteiger partial charge in [0.2, 0.25) is 0 Å². The van der Waals surface area contributed by atoms with Gasteiger partial charge >= 0.3 is 5.97 Å². The normalized spacial score (nSPS) is 17.9. The lowest BCUT2D eigenvalue weighted by molar-refractivity contribution is -0.136. The topological polar surface area (TPSA) is 62.1 Å². The fourth-order valence-corrected chi connectivity index (χ4v) is 2.80. The lowest BCUT2D eigenvalue weighted by Crippen LogP contribution is -2.31. The monoisotopic (exact) mass is 314 g/mol. The molecule has 0 fully saturated rings. The average molecular weight is 314 g/mol. The maximum Gasteiger partial charge on any atom is 0.336 e. The van der Waals surface area contributed by atoms with Gasteiger partial charge in [-0.1, -0.05) is 26.0 Å². The van der Waals surface area contributed by atoms with E-state index >= 15 is 0 Å². The molecule has 120 valence electrons. The Morgan fingerprint density at radius 1 is 1.35 bits per heavy atom. The van der Waals surface area contributed by atoms with Crippen LogP contribution in [0.2, 0.25) is 0 Å². The zero-order valence-corrected chi connectivity index (χ0v) is 13.6. The van der Waals surface area contributed by atoms with Gasteiger partial charge in [-0.25, -0.2) is 9.18 Å². The SMILES string of the molecule is COC(=O)C1=C(C)NC(C(C)C)=C(C#N)C1c1ccc(F)cc1. The van der Waals surface area contributed by atoms with Crippen molar-refractivity contribution in [3.8, 4) is 6.07 Å². The van der Waals surface area contributed by atoms with E-state index in [4.69, 9.17) is 4.74 Å². The first kappa shape index (κ1) is 16.8. The Morgan fingerprint density at radius 3 is 2.43 bits per heavy atom. The second kappa shape index (κ2) is 6.66. The number of carbonyl (C=O) groups is 1. The Labute approximate surface area is 135 Å². The van der Waals surface area contributed by atoms with Gasteiger partial charge in [-0.3, -0.25) is 0 Å². The molecule has 1 atom stereocenters. The number of benzene rings is 1. The van der Waals surface area contributed by atoms with Crippen molar-refractivity contribution in [2.24, 2.45) is 5.92 Å². The van der Waals surface area contributed by atoms with Crippen molar-refractivity contribution in [2.45, 2.75) is 26.7 Å². The van der Waals surface area contributed by atoms with E-state index < -0.39 is 11.9 Å². The number of nitrogens with zero attached hydrogens (tertiary/aromatic N) is 1. The molecule has 1 N–H and O–H groups in total. The highest BCUT2D eigenvalue weighted by Crippen LogP contribution is 2.39. The van der Waals surface area contributed by atoms with Crippen molar-refractivity contribution >= 4 is 5.97 Å². The van der Waals surface area contributed by atoms with Crippen LogP contribution in [0, 0.1) is 23.1 Å². The molecule has 2 rings (SSSR count). The van der Waals surface area contributed by atoms with Gasteiger partial charge in [-0.15, -0.1) is 0 Å². The Hall–Kier alpha value is -2.61. The van der Waals surface area contributed by atoms with Crippen molar-refractivity contribution in [1.82, 2.24) is 5.32 Å². The Bertz CT molecular complexity index is 724. The molecular weight excluding hydrogens is 295 g/mol. The number of dihydropyridines is 1. The van der Waals surface area contributed by atoms with Crippen molar-refractivity contribution in [1.29, 1.82) is 5.26 Å². The Balaban J connectivity index is 2.69. The first-order valence-corrected chi connectivity index (χ1v) is 7.36. The summed E-state index contributed by atoms with van der Waals surface area (Å²) in [6.07, 6.45) is 0. The van der Waals surface area contributed by atoms with Gasteiger partial charge in [-0.05, 0) is 30.5 Å². The number of nitriles is 1. The molecule has 1 aromatic rings. The minimum Gasteiger partial charge on any atom is -0.466 e. The van der Waals surface area contributed by atoms with E-state index in [1.54, 1.807) is 19.1 Å². The molecule has 1 unspecified atom stereocenters. The van der Waals surface area contributed by atoms with Crippen LogP contribution in [0.1, 0.15) is 32.3 Å². The maximum absolute atomic E-state index is 13.2. The van der Waals surface area contributed by atoms with E-state index in [2.05, 4.69) is 11.4 Å². The molecule has 1 aliphatic heterocycles. The van der Waals surface area contributed by atoms with E-state index in [0.717, 1.165) is 5.70 Å². The van der Waals surface area contributed by atoms with Gasteiger partial charge in [0.15, 0.2) is 0 Å². The van der Waals surface area contributed by atoms with Gasteiger partial charge in [0.1, 0.15) is 5.82 Å². The molecule has 0 spiro atoms. The number of nitrogens with one attached hydrogen (secondary N) is 1. The summed E-state index contributed by atoms with van der Waals surface area (Å²) in [5.74, 6) is -1.34. The molecule has 4 nitrogen and oxygen atoms in total. The van der Waals surface area contributed by atoms with Crippen LogP contribution in [-0.2, 0) is 9.53 Å². The van der Waals surface area contributed by atoms with Gasteiger partial charge < -0.3 is 10.1 Å². The van der Waals surface area contributed by atoms with Crippen LogP contribution < -0.4 is 5.32 Å². The minimum atomic E-state index is -0.563. The second-order valence-electron chi connectivity index (χ2n) is 5.73. The molecule has 0 amide bonds. The predicted octanol–water partition coefficient (Wildman–Crippen LogP) is 3.39. The molecule has 1 aromatic carbocycles. The van der Waals surface area contributed by atoms with Crippen molar-refractivity contribution in [3.05, 3.63) is 58.2 Å². The summed E-state index contributed by atoms with van der Waals surface area (Å²) >= 11 is 0. The summed E-state index contributed by atoms with van der Waals surface area (Å²) in [5, 5.41) is 12.8. The fourth-order valence-electron chi connectivity index (χ4n) is 2.80. The smallest absolute Gasteiger partial charge is 0.336 e. The van der Waals surface area contributed by atoms with E-state index in [1.807, 2.05) is 13.8 Å². The van der Waals surface area contributed by atoms with E-state index in [-0.39, 0.29) is 11.7 Å². The number of rotatable bonds is 3. The number of hydrogen-bond acceptors (Lipinski definition) is 4. The lowest BCUT2D eigenvalue weighted by atomic mass is 9.79. The minimum absolute atomic E-state index is 0.0849. The molecule has 0 aliphatic carbocycles. The molecule has 1 aliphatic rings. The average Bonchev–Trinajstić information content (AvgIpc) is 2.53. The van der Waals surface area contributed by atoms with Gasteiger partial charge in [0.25, 0.3) is 0 Å². The number of hydrogen-bond donors (Lipinski definition) is 1. The third-order valence-electron chi connectivity index (χ3n) is 3.90. The molecular formula is C18H19FN2O2. The van der Waals surface area contributed by atoms with Crippen molar-refractivity contribution in [2.75, 3.05) is 7.11 Å². The number of esters is 1. The molecule has 0 bridgehead atoms. The Morgan fingerprint density at radius 2 is 1.96 bits per heavy atom. The van der Waals surface area contributed by atoms with E-state index in [1.165, 1.54) is 19.2 Å². The first-order valence-electron chi connectivity index (χ1n) is 7.36. The zero-order chi connectivity index (χ0) is 17.1. The summed E-state index contributed by atoms with van der Waals surface area (Å²) in [6, 6.07) is 8.05. The van der Waals surface area contributed by atoms with Crippen molar-refractivity contribution in [3.63, 3.8) is 0 Å². The van der Waals surface area contributed by atoms with Crippen LogP contribution in [0.25, 0.3) is 0 Å². The quantitative estimate of drug-likeness (QED) is 0.869. The lowest BCUT2D eigenvalue weighted by Gasteiger charge is -2.31. The number of methoxy groups -OCH3 is 1. The number of halogens is 1. The van der Waals surface area contributed by atoms with Gasteiger partial charge in [0.05, 0.1) is 30.2 Å². The Kier molecular flexibility index (Phi) is 4.85. The maximum atomic E-state index is 13.2. The molecule has 0 saturated carbocycles. The molecule has 1 heterocycles.